The molecule has 1 atom stereocenters. The van der Waals surface area contributed by atoms with Crippen LogP contribution in [-0.4, -0.2) is 30.6 Å². The molecule has 1 fully saturated rings. The van der Waals surface area contributed by atoms with Crippen molar-refractivity contribution in [3.05, 3.63) is 29.6 Å². The largest absolute Gasteiger partial charge is 0.392 e. The number of anilines is 1. The van der Waals surface area contributed by atoms with E-state index < -0.39 is 0 Å². The lowest BCUT2D eigenvalue weighted by atomic mass is 9.99. The number of piperidine rings is 1. The lowest BCUT2D eigenvalue weighted by molar-refractivity contribution is -0.122. The number of nitrogens with one attached hydrogen (secondary N) is 1. The Morgan fingerprint density at radius 2 is 2.32 bits per heavy atom. The molecule has 2 N–H and O–H groups in total. The number of benzene rings is 1. The van der Waals surface area contributed by atoms with Gasteiger partial charge in [-0.05, 0) is 37.5 Å². The maximum Gasteiger partial charge on any atom is 0.242 e. The number of aliphatic hydroxyl groups excluding tert-OH is 1. The number of hydrogen-bond donors (Lipinski definition) is 2. The fourth-order valence-electron chi connectivity index (χ4n) is 2.62. The molecule has 1 heterocycles. The molecule has 1 aromatic rings. The van der Waals surface area contributed by atoms with E-state index in [1.807, 2.05) is 4.90 Å². The van der Waals surface area contributed by atoms with Gasteiger partial charge in [0, 0.05) is 24.8 Å². The minimum absolute atomic E-state index is 0.0343. The number of halogens is 1. The van der Waals surface area contributed by atoms with Crippen molar-refractivity contribution in [3.63, 3.8) is 0 Å². The van der Waals surface area contributed by atoms with Gasteiger partial charge in [0.15, 0.2) is 0 Å². The van der Waals surface area contributed by atoms with E-state index in [1.54, 1.807) is 13.1 Å². The third-order valence-electron chi connectivity index (χ3n) is 3.57. The first-order chi connectivity index (χ1) is 9.17. The quantitative estimate of drug-likeness (QED) is 0.870. The Morgan fingerprint density at radius 1 is 1.53 bits per heavy atom. The molecule has 1 amide bonds. The second-order valence-electron chi connectivity index (χ2n) is 4.75. The van der Waals surface area contributed by atoms with Crippen LogP contribution in [0.25, 0.3) is 0 Å². The highest BCUT2D eigenvalue weighted by Crippen LogP contribution is 2.28. The van der Waals surface area contributed by atoms with E-state index in [2.05, 4.69) is 5.32 Å². The average molecular weight is 266 g/mol. The lowest BCUT2D eigenvalue weighted by Crippen LogP contribution is -2.49. The Morgan fingerprint density at radius 3 is 3.00 bits per heavy atom. The molecule has 4 nitrogen and oxygen atoms in total. The molecule has 1 aliphatic rings. The number of likely N-dealkylation sites (N-methyl/N-ethyl adjacent to an activating group) is 1. The molecule has 1 aromatic carbocycles. The van der Waals surface area contributed by atoms with Crippen molar-refractivity contribution in [1.82, 2.24) is 5.32 Å². The third-order valence-corrected chi connectivity index (χ3v) is 3.57. The molecule has 0 saturated carbocycles. The van der Waals surface area contributed by atoms with Gasteiger partial charge in [0.1, 0.15) is 11.9 Å². The Kier molecular flexibility index (Phi) is 4.37. The van der Waals surface area contributed by atoms with E-state index in [0.29, 0.717) is 5.56 Å². The predicted molar refractivity (Wildman–Crippen MR) is 71.4 cm³/mol. The van der Waals surface area contributed by atoms with Crippen molar-refractivity contribution in [2.24, 2.45) is 0 Å². The second kappa shape index (κ2) is 6.02. The Hall–Kier alpha value is -1.62. The van der Waals surface area contributed by atoms with Crippen molar-refractivity contribution in [2.75, 3.05) is 18.5 Å². The topological polar surface area (TPSA) is 52.6 Å². The van der Waals surface area contributed by atoms with Crippen LogP contribution in [0.4, 0.5) is 10.1 Å². The Bertz CT molecular complexity index is 465. The van der Waals surface area contributed by atoms with Gasteiger partial charge >= 0.3 is 0 Å². The molecule has 0 aromatic heterocycles. The first-order valence-electron chi connectivity index (χ1n) is 6.55. The summed E-state index contributed by atoms with van der Waals surface area (Å²) in [5, 5.41) is 12.0. The van der Waals surface area contributed by atoms with Crippen LogP contribution >= 0.6 is 0 Å². The van der Waals surface area contributed by atoms with Crippen molar-refractivity contribution >= 4 is 11.6 Å². The monoisotopic (exact) mass is 266 g/mol. The molecular formula is C14H19FN2O2. The summed E-state index contributed by atoms with van der Waals surface area (Å²) in [5.41, 5.74) is 1.27. The SMILES string of the molecule is CNC(=O)C1CCCCN1c1ccc(F)cc1CO. The fourth-order valence-corrected chi connectivity index (χ4v) is 2.62. The number of rotatable bonds is 3. The number of carbonyl (C=O) groups is 1. The summed E-state index contributed by atoms with van der Waals surface area (Å²) in [5.74, 6) is -0.408. The molecule has 104 valence electrons. The first-order valence-corrected chi connectivity index (χ1v) is 6.55. The van der Waals surface area contributed by atoms with Crippen molar-refractivity contribution in [2.45, 2.75) is 31.9 Å². The van der Waals surface area contributed by atoms with Crippen LogP contribution in [0.15, 0.2) is 18.2 Å². The number of hydrogen-bond acceptors (Lipinski definition) is 3. The summed E-state index contributed by atoms with van der Waals surface area (Å²) >= 11 is 0. The summed E-state index contributed by atoms with van der Waals surface area (Å²) < 4.78 is 13.2. The van der Waals surface area contributed by atoms with Gasteiger partial charge in [-0.1, -0.05) is 0 Å². The van der Waals surface area contributed by atoms with Crippen LogP contribution in [0, 0.1) is 5.82 Å². The minimum Gasteiger partial charge on any atom is -0.392 e. The Balaban J connectivity index is 2.34. The number of carbonyl (C=O) groups excluding carboxylic acids is 1. The third kappa shape index (κ3) is 2.87. The van der Waals surface area contributed by atoms with Crippen molar-refractivity contribution in [3.8, 4) is 0 Å². The summed E-state index contributed by atoms with van der Waals surface area (Å²) in [7, 11) is 1.62. The highest BCUT2D eigenvalue weighted by molar-refractivity contribution is 5.85. The maximum atomic E-state index is 13.2. The zero-order valence-corrected chi connectivity index (χ0v) is 11.0. The van der Waals surface area contributed by atoms with Crippen LogP contribution in [0.1, 0.15) is 24.8 Å². The molecular weight excluding hydrogens is 247 g/mol. The van der Waals surface area contributed by atoms with Crippen LogP contribution in [0.5, 0.6) is 0 Å². The van der Waals surface area contributed by atoms with Gasteiger partial charge < -0.3 is 15.3 Å². The lowest BCUT2D eigenvalue weighted by Gasteiger charge is -2.37. The number of amides is 1. The van der Waals surface area contributed by atoms with Gasteiger partial charge in [0.25, 0.3) is 0 Å². The van der Waals surface area contributed by atoms with Crippen LogP contribution in [0.2, 0.25) is 0 Å². The summed E-state index contributed by atoms with van der Waals surface area (Å²) in [4.78, 5) is 13.9. The minimum atomic E-state index is -0.374. The normalized spacial score (nSPS) is 19.3. The summed E-state index contributed by atoms with van der Waals surface area (Å²) in [6.45, 7) is 0.515. The highest BCUT2D eigenvalue weighted by Gasteiger charge is 2.29. The van der Waals surface area contributed by atoms with Crippen LogP contribution < -0.4 is 10.2 Å². The number of aliphatic hydroxyl groups is 1. The van der Waals surface area contributed by atoms with Crippen LogP contribution in [-0.2, 0) is 11.4 Å². The molecule has 2 rings (SSSR count). The summed E-state index contributed by atoms with van der Waals surface area (Å²) in [6, 6.07) is 4.09. The standard InChI is InChI=1S/C14H19FN2O2/c1-16-14(19)13-4-2-3-7-17(13)12-6-5-11(15)8-10(12)9-18/h5-6,8,13,18H,2-4,7,9H2,1H3,(H,16,19). The molecule has 0 radical (unpaired) electrons. The van der Waals surface area contributed by atoms with E-state index in [9.17, 15) is 14.3 Å². The molecule has 1 unspecified atom stereocenters. The van der Waals surface area contributed by atoms with Crippen LogP contribution in [0.3, 0.4) is 0 Å². The highest BCUT2D eigenvalue weighted by atomic mass is 19.1. The zero-order valence-electron chi connectivity index (χ0n) is 11.0. The zero-order chi connectivity index (χ0) is 13.8. The van der Waals surface area contributed by atoms with Crippen molar-refractivity contribution < 1.29 is 14.3 Å². The molecule has 1 aliphatic heterocycles. The van der Waals surface area contributed by atoms with Gasteiger partial charge in [-0.2, -0.15) is 0 Å². The van der Waals surface area contributed by atoms with Gasteiger partial charge in [0.2, 0.25) is 5.91 Å². The molecule has 19 heavy (non-hydrogen) atoms. The second-order valence-corrected chi connectivity index (χ2v) is 4.75. The van der Waals surface area contributed by atoms with Gasteiger partial charge in [-0.3, -0.25) is 4.79 Å². The van der Waals surface area contributed by atoms with E-state index in [1.165, 1.54) is 12.1 Å². The maximum absolute atomic E-state index is 13.2. The van der Waals surface area contributed by atoms with Gasteiger partial charge in [-0.25, -0.2) is 4.39 Å². The van der Waals surface area contributed by atoms with E-state index in [4.69, 9.17) is 0 Å². The number of nitrogens with zero attached hydrogens (tertiary/aromatic N) is 1. The molecule has 0 spiro atoms. The smallest absolute Gasteiger partial charge is 0.242 e. The van der Waals surface area contributed by atoms with Gasteiger partial charge in [-0.15, -0.1) is 0 Å². The fraction of sp³-hybridized carbons (Fsp3) is 0.500. The average Bonchev–Trinajstić information content (AvgIpc) is 2.46. The van der Waals surface area contributed by atoms with Crippen molar-refractivity contribution in [1.29, 1.82) is 0 Å². The molecule has 1 saturated heterocycles. The predicted octanol–water partition coefficient (Wildman–Crippen LogP) is 1.42. The molecule has 0 bridgehead atoms. The van der Waals surface area contributed by atoms with Gasteiger partial charge in [0.05, 0.1) is 6.61 Å². The van der Waals surface area contributed by atoms with E-state index >= 15 is 0 Å². The molecule has 5 heteroatoms. The summed E-state index contributed by atoms with van der Waals surface area (Å²) in [6.07, 6.45) is 2.78. The Labute approximate surface area is 112 Å². The van der Waals surface area contributed by atoms with E-state index in [0.717, 1.165) is 31.5 Å². The van der Waals surface area contributed by atoms with E-state index in [-0.39, 0.29) is 24.4 Å². The first kappa shape index (κ1) is 13.8. The molecule has 0 aliphatic carbocycles.